The molecular formula is C14H22IN7O2. The van der Waals surface area contributed by atoms with E-state index in [0.717, 1.165) is 20.6 Å². The molecule has 1 heterocycles. The monoisotopic (exact) mass is 447 g/mol. The standard InChI is InChI=1S/C14H22IN7O2/c1-7(2)8-4-11(23-3)9(15)5-10(8)24-12-6-18-14(21-22-17)19-13(12)20-16/h4-7,13-14,18-20H,16H2,1-3H3,(H2,17,21). The van der Waals surface area contributed by atoms with Crippen molar-refractivity contribution in [2.45, 2.75) is 32.2 Å². The minimum Gasteiger partial charge on any atom is -0.496 e. The van der Waals surface area contributed by atoms with E-state index in [1.807, 2.05) is 12.1 Å². The van der Waals surface area contributed by atoms with Crippen LogP contribution < -0.4 is 37.2 Å². The summed E-state index contributed by atoms with van der Waals surface area (Å²) in [4.78, 5) is 0. The number of nitrogens with two attached hydrogens (primary N) is 2. The van der Waals surface area contributed by atoms with Crippen molar-refractivity contribution in [3.05, 3.63) is 33.2 Å². The summed E-state index contributed by atoms with van der Waals surface area (Å²) in [6.07, 6.45) is 0.757. The fourth-order valence-corrected chi connectivity index (χ4v) is 2.92. The Kier molecular flexibility index (Phi) is 6.60. The highest BCUT2D eigenvalue weighted by molar-refractivity contribution is 14.1. The molecule has 2 atom stereocenters. The summed E-state index contributed by atoms with van der Waals surface area (Å²) in [5.74, 6) is 13.0. The summed E-state index contributed by atoms with van der Waals surface area (Å²) in [6, 6.07) is 3.93. The molecule has 0 amide bonds. The van der Waals surface area contributed by atoms with Gasteiger partial charge in [-0.05, 0) is 40.6 Å². The molecule has 0 spiro atoms. The molecule has 132 valence electrons. The zero-order valence-electron chi connectivity index (χ0n) is 13.7. The lowest BCUT2D eigenvalue weighted by Crippen LogP contribution is -2.58. The Hall–Kier alpha value is -1.63. The maximum absolute atomic E-state index is 6.09. The van der Waals surface area contributed by atoms with Crippen molar-refractivity contribution in [2.24, 2.45) is 22.0 Å². The Morgan fingerprint density at radius 1 is 1.33 bits per heavy atom. The van der Waals surface area contributed by atoms with E-state index in [0.29, 0.717) is 5.76 Å². The van der Waals surface area contributed by atoms with Gasteiger partial charge in [-0.25, -0.2) is 5.43 Å². The highest BCUT2D eigenvalue weighted by Gasteiger charge is 2.25. The molecule has 0 aromatic heterocycles. The molecule has 10 heteroatoms. The number of hydrogen-bond acceptors (Lipinski definition) is 8. The second-order valence-corrected chi connectivity index (χ2v) is 6.56. The Morgan fingerprint density at radius 3 is 2.67 bits per heavy atom. The van der Waals surface area contributed by atoms with Gasteiger partial charge < -0.3 is 20.6 Å². The minimum atomic E-state index is -0.482. The summed E-state index contributed by atoms with van der Waals surface area (Å²) >= 11 is 2.21. The van der Waals surface area contributed by atoms with E-state index in [4.69, 9.17) is 21.2 Å². The summed E-state index contributed by atoms with van der Waals surface area (Å²) in [5, 5.41) is 13.1. The lowest BCUT2D eigenvalue weighted by Gasteiger charge is -2.29. The maximum Gasteiger partial charge on any atom is 0.197 e. The van der Waals surface area contributed by atoms with Crippen LogP contribution in [0.3, 0.4) is 0 Å². The predicted molar refractivity (Wildman–Crippen MR) is 98.7 cm³/mol. The normalized spacial score (nSPS) is 20.8. The largest absolute Gasteiger partial charge is 0.496 e. The van der Waals surface area contributed by atoms with Crippen molar-refractivity contribution in [1.82, 2.24) is 16.1 Å². The third-order valence-electron chi connectivity index (χ3n) is 3.48. The first kappa shape index (κ1) is 18.7. The maximum atomic E-state index is 6.09. The molecular weight excluding hydrogens is 425 g/mol. The van der Waals surface area contributed by atoms with Gasteiger partial charge in [0, 0.05) is 11.8 Å². The molecule has 0 aliphatic carbocycles. The van der Waals surface area contributed by atoms with Crippen LogP contribution in [0.15, 0.2) is 34.4 Å². The van der Waals surface area contributed by atoms with Crippen LogP contribution in [0.1, 0.15) is 25.3 Å². The first-order valence-corrected chi connectivity index (χ1v) is 8.41. The number of nitrogens with one attached hydrogen (secondary N) is 3. The Morgan fingerprint density at radius 2 is 2.08 bits per heavy atom. The lowest BCUT2D eigenvalue weighted by molar-refractivity contribution is 0.265. The van der Waals surface area contributed by atoms with Gasteiger partial charge in [0.05, 0.1) is 10.7 Å². The van der Waals surface area contributed by atoms with E-state index in [1.165, 1.54) is 0 Å². The van der Waals surface area contributed by atoms with Crippen LogP contribution >= 0.6 is 22.6 Å². The van der Waals surface area contributed by atoms with E-state index in [1.54, 1.807) is 13.3 Å². The van der Waals surface area contributed by atoms with Crippen molar-refractivity contribution >= 4 is 22.6 Å². The highest BCUT2D eigenvalue weighted by Crippen LogP contribution is 2.35. The van der Waals surface area contributed by atoms with E-state index < -0.39 is 12.5 Å². The van der Waals surface area contributed by atoms with E-state index in [-0.39, 0.29) is 5.92 Å². The first-order chi connectivity index (χ1) is 11.5. The Bertz CT molecular complexity index is 636. The molecule has 0 bridgehead atoms. The summed E-state index contributed by atoms with van der Waals surface area (Å²) < 4.78 is 12.4. The van der Waals surface area contributed by atoms with E-state index >= 15 is 0 Å². The van der Waals surface area contributed by atoms with Crippen LogP contribution in [0, 0.1) is 3.57 Å². The zero-order chi connectivity index (χ0) is 17.7. The molecule has 1 aliphatic rings. The summed E-state index contributed by atoms with van der Waals surface area (Å²) in [5.41, 5.74) is 3.67. The predicted octanol–water partition coefficient (Wildman–Crippen LogP) is 1.24. The van der Waals surface area contributed by atoms with Gasteiger partial charge in [-0.15, -0.1) is 5.11 Å². The van der Waals surface area contributed by atoms with Crippen LogP contribution in [-0.4, -0.2) is 19.6 Å². The summed E-state index contributed by atoms with van der Waals surface area (Å²) in [7, 11) is 1.65. The van der Waals surface area contributed by atoms with Gasteiger partial charge in [-0.3, -0.25) is 11.2 Å². The molecule has 0 radical (unpaired) electrons. The number of rotatable bonds is 6. The number of hydrazine groups is 1. The Balaban J connectivity index is 2.31. The molecule has 2 rings (SSSR count). The number of halogens is 1. The van der Waals surface area contributed by atoms with Gasteiger partial charge in [0.2, 0.25) is 0 Å². The summed E-state index contributed by atoms with van der Waals surface area (Å²) in [6.45, 7) is 4.19. The van der Waals surface area contributed by atoms with Gasteiger partial charge in [0.1, 0.15) is 17.7 Å². The van der Waals surface area contributed by atoms with Gasteiger partial charge >= 0.3 is 0 Å². The number of nitrogens with zero attached hydrogens (tertiary/aromatic N) is 2. The van der Waals surface area contributed by atoms with Crippen molar-refractivity contribution < 1.29 is 9.47 Å². The van der Waals surface area contributed by atoms with Crippen LogP contribution in [-0.2, 0) is 0 Å². The van der Waals surface area contributed by atoms with Crippen LogP contribution in [0.2, 0.25) is 0 Å². The first-order valence-electron chi connectivity index (χ1n) is 7.33. The number of ether oxygens (including phenoxy) is 2. The van der Waals surface area contributed by atoms with Crippen LogP contribution in [0.5, 0.6) is 11.5 Å². The van der Waals surface area contributed by atoms with E-state index in [2.05, 4.69) is 62.8 Å². The molecule has 24 heavy (non-hydrogen) atoms. The SMILES string of the molecule is COc1cc(C(C)C)c(OC2=CNC(N=NN)NC2NN)cc1I. The molecule has 1 aromatic rings. The molecule has 1 aromatic carbocycles. The molecule has 0 fully saturated rings. The third-order valence-corrected chi connectivity index (χ3v) is 4.32. The average molecular weight is 447 g/mol. The molecule has 0 saturated carbocycles. The third kappa shape index (κ3) is 4.26. The molecule has 7 N–H and O–H groups in total. The second kappa shape index (κ2) is 8.46. The second-order valence-electron chi connectivity index (χ2n) is 5.39. The average Bonchev–Trinajstić information content (AvgIpc) is 2.56. The zero-order valence-corrected chi connectivity index (χ0v) is 15.9. The molecule has 9 nitrogen and oxygen atoms in total. The van der Waals surface area contributed by atoms with Crippen molar-refractivity contribution in [3.8, 4) is 11.5 Å². The van der Waals surface area contributed by atoms with Crippen LogP contribution in [0.25, 0.3) is 0 Å². The topological polar surface area (TPSA) is 131 Å². The van der Waals surface area contributed by atoms with Crippen molar-refractivity contribution in [3.63, 3.8) is 0 Å². The Labute approximate surface area is 154 Å². The van der Waals surface area contributed by atoms with Gasteiger partial charge in [0.15, 0.2) is 12.0 Å². The van der Waals surface area contributed by atoms with Gasteiger partial charge in [-0.2, -0.15) is 0 Å². The smallest absolute Gasteiger partial charge is 0.197 e. The molecule has 1 aliphatic heterocycles. The van der Waals surface area contributed by atoms with E-state index in [9.17, 15) is 0 Å². The number of methoxy groups -OCH3 is 1. The lowest BCUT2D eigenvalue weighted by atomic mass is 10.0. The van der Waals surface area contributed by atoms with Gasteiger partial charge in [0.25, 0.3) is 0 Å². The van der Waals surface area contributed by atoms with Crippen LogP contribution in [0.4, 0.5) is 0 Å². The molecule has 0 saturated heterocycles. The highest BCUT2D eigenvalue weighted by atomic mass is 127. The van der Waals surface area contributed by atoms with Crippen molar-refractivity contribution in [2.75, 3.05) is 7.11 Å². The fraction of sp³-hybridized carbons (Fsp3) is 0.429. The van der Waals surface area contributed by atoms with Gasteiger partial charge in [-0.1, -0.05) is 19.1 Å². The quantitative estimate of drug-likeness (QED) is 0.192. The number of hydrogen-bond donors (Lipinski definition) is 5. The minimum absolute atomic E-state index is 0.263. The number of benzene rings is 1. The molecule has 2 unspecified atom stereocenters. The van der Waals surface area contributed by atoms with Crippen molar-refractivity contribution in [1.29, 1.82) is 0 Å². The fourth-order valence-electron chi connectivity index (χ4n) is 2.26.